The number of hydrogen-bond donors (Lipinski definition) is 2. The van der Waals surface area contributed by atoms with Gasteiger partial charge in [0.15, 0.2) is 6.29 Å². The van der Waals surface area contributed by atoms with Crippen molar-refractivity contribution >= 4 is 17.7 Å². The third-order valence-corrected chi connectivity index (χ3v) is 1.48. The smallest absolute Gasteiger partial charge is 0.152 e. The van der Waals surface area contributed by atoms with Crippen molar-refractivity contribution < 1.29 is 9.63 Å². The molecule has 0 aliphatic carbocycles. The molecule has 0 fully saturated rings. The van der Waals surface area contributed by atoms with Crippen LogP contribution in [0, 0.1) is 0 Å². The average Bonchev–Trinajstić information content (AvgIpc) is 2.09. The first-order chi connectivity index (χ1) is 5.79. The molecule has 4 nitrogen and oxygen atoms in total. The topological polar surface area (TPSA) is 64.3 Å². The van der Waals surface area contributed by atoms with E-state index >= 15 is 0 Å². The standard InChI is InChI=1S/C8H10N2O2/c1-12-10-7-4-2-3-6(5-11)8(7)9/h2-5,10H,9H2,1H3. The van der Waals surface area contributed by atoms with Gasteiger partial charge in [0.05, 0.1) is 18.5 Å². The summed E-state index contributed by atoms with van der Waals surface area (Å²) in [7, 11) is 1.48. The molecule has 64 valence electrons. The molecule has 1 rings (SSSR count). The van der Waals surface area contributed by atoms with Crippen molar-refractivity contribution in [2.24, 2.45) is 0 Å². The van der Waals surface area contributed by atoms with Crippen LogP contribution in [0.2, 0.25) is 0 Å². The van der Waals surface area contributed by atoms with Gasteiger partial charge < -0.3 is 5.73 Å². The number of carbonyl (C=O) groups excluding carboxylic acids is 1. The Morgan fingerprint density at radius 2 is 2.33 bits per heavy atom. The van der Waals surface area contributed by atoms with Crippen molar-refractivity contribution in [3.63, 3.8) is 0 Å². The molecule has 0 bridgehead atoms. The van der Waals surface area contributed by atoms with E-state index in [-0.39, 0.29) is 0 Å². The summed E-state index contributed by atoms with van der Waals surface area (Å²) in [6.45, 7) is 0. The Labute approximate surface area is 70.3 Å². The van der Waals surface area contributed by atoms with Crippen molar-refractivity contribution in [1.29, 1.82) is 0 Å². The van der Waals surface area contributed by atoms with Gasteiger partial charge in [-0.15, -0.1) is 0 Å². The predicted molar refractivity (Wildman–Crippen MR) is 46.9 cm³/mol. The number of hydrogen-bond acceptors (Lipinski definition) is 4. The van der Waals surface area contributed by atoms with E-state index in [1.165, 1.54) is 7.11 Å². The Morgan fingerprint density at radius 3 is 2.92 bits per heavy atom. The normalized spacial score (nSPS) is 9.42. The summed E-state index contributed by atoms with van der Waals surface area (Å²) in [6.07, 6.45) is 0.705. The van der Waals surface area contributed by atoms with Crippen LogP contribution in [-0.2, 0) is 4.84 Å². The van der Waals surface area contributed by atoms with Crippen LogP contribution in [0.15, 0.2) is 18.2 Å². The molecule has 0 aromatic heterocycles. The molecule has 0 heterocycles. The first-order valence-electron chi connectivity index (χ1n) is 3.42. The van der Waals surface area contributed by atoms with Crippen LogP contribution in [-0.4, -0.2) is 13.4 Å². The zero-order valence-electron chi connectivity index (χ0n) is 6.70. The summed E-state index contributed by atoms with van der Waals surface area (Å²) in [5.74, 6) is 0. The molecule has 0 aliphatic heterocycles. The van der Waals surface area contributed by atoms with Crippen LogP contribution in [0.5, 0.6) is 0 Å². The second kappa shape index (κ2) is 3.73. The van der Waals surface area contributed by atoms with Crippen molar-refractivity contribution in [1.82, 2.24) is 0 Å². The average molecular weight is 166 g/mol. The fourth-order valence-electron chi connectivity index (χ4n) is 0.885. The SMILES string of the molecule is CONc1cccc(C=O)c1N. The van der Waals surface area contributed by atoms with Crippen LogP contribution < -0.4 is 11.2 Å². The second-order valence-corrected chi connectivity index (χ2v) is 2.23. The molecule has 3 N–H and O–H groups in total. The van der Waals surface area contributed by atoms with Crippen molar-refractivity contribution in [2.75, 3.05) is 18.3 Å². The number of para-hydroxylation sites is 1. The molecule has 0 atom stereocenters. The van der Waals surface area contributed by atoms with Gasteiger partial charge in [-0.25, -0.2) is 0 Å². The predicted octanol–water partition coefficient (Wildman–Crippen LogP) is 1.05. The first-order valence-corrected chi connectivity index (χ1v) is 3.42. The molecule has 0 amide bonds. The largest absolute Gasteiger partial charge is 0.396 e. The molecule has 4 heteroatoms. The minimum Gasteiger partial charge on any atom is -0.396 e. The van der Waals surface area contributed by atoms with Gasteiger partial charge in [-0.1, -0.05) is 6.07 Å². The lowest BCUT2D eigenvalue weighted by atomic mass is 10.2. The fraction of sp³-hybridized carbons (Fsp3) is 0.125. The van der Waals surface area contributed by atoms with E-state index < -0.39 is 0 Å². The molecule has 0 unspecified atom stereocenters. The van der Waals surface area contributed by atoms with Crippen LogP contribution in [0.1, 0.15) is 10.4 Å². The molecule has 0 spiro atoms. The van der Waals surface area contributed by atoms with E-state index in [4.69, 9.17) is 5.73 Å². The van der Waals surface area contributed by atoms with Gasteiger partial charge in [0.25, 0.3) is 0 Å². The maximum absolute atomic E-state index is 10.4. The number of nitrogen functional groups attached to an aromatic ring is 1. The fourth-order valence-corrected chi connectivity index (χ4v) is 0.885. The highest BCUT2D eigenvalue weighted by Crippen LogP contribution is 2.20. The Kier molecular flexibility index (Phi) is 2.66. The Balaban J connectivity index is 3.04. The van der Waals surface area contributed by atoms with Crippen LogP contribution >= 0.6 is 0 Å². The van der Waals surface area contributed by atoms with Crippen molar-refractivity contribution in [3.8, 4) is 0 Å². The van der Waals surface area contributed by atoms with Crippen LogP contribution in [0.3, 0.4) is 0 Å². The van der Waals surface area contributed by atoms with Crippen LogP contribution in [0.4, 0.5) is 11.4 Å². The number of nitrogens with two attached hydrogens (primary N) is 1. The Bertz CT molecular complexity index is 286. The highest BCUT2D eigenvalue weighted by molar-refractivity contribution is 5.88. The lowest BCUT2D eigenvalue weighted by Gasteiger charge is -2.07. The molecule has 0 aliphatic rings. The van der Waals surface area contributed by atoms with Gasteiger partial charge in [-0.3, -0.25) is 15.1 Å². The first kappa shape index (κ1) is 8.55. The summed E-state index contributed by atoms with van der Waals surface area (Å²) in [4.78, 5) is 15.1. The maximum Gasteiger partial charge on any atom is 0.152 e. The summed E-state index contributed by atoms with van der Waals surface area (Å²) >= 11 is 0. The third kappa shape index (κ3) is 1.54. The minimum absolute atomic E-state index is 0.398. The van der Waals surface area contributed by atoms with Gasteiger partial charge in [-0.2, -0.15) is 0 Å². The number of aldehydes is 1. The maximum atomic E-state index is 10.4. The van der Waals surface area contributed by atoms with Crippen molar-refractivity contribution in [3.05, 3.63) is 23.8 Å². The minimum atomic E-state index is 0.398. The van der Waals surface area contributed by atoms with E-state index in [2.05, 4.69) is 10.3 Å². The van der Waals surface area contributed by atoms with Gasteiger partial charge in [0.2, 0.25) is 0 Å². The summed E-state index contributed by atoms with van der Waals surface area (Å²) in [6, 6.07) is 5.09. The van der Waals surface area contributed by atoms with Gasteiger partial charge >= 0.3 is 0 Å². The molecule has 1 aromatic carbocycles. The number of carbonyl (C=O) groups is 1. The summed E-state index contributed by atoms with van der Waals surface area (Å²) < 4.78 is 0. The number of rotatable bonds is 3. The van der Waals surface area contributed by atoms with E-state index in [1.807, 2.05) is 0 Å². The van der Waals surface area contributed by atoms with E-state index in [9.17, 15) is 4.79 Å². The zero-order chi connectivity index (χ0) is 8.97. The third-order valence-electron chi connectivity index (χ3n) is 1.48. The number of benzene rings is 1. The van der Waals surface area contributed by atoms with E-state index in [1.54, 1.807) is 18.2 Å². The zero-order valence-corrected chi connectivity index (χ0v) is 6.70. The highest BCUT2D eigenvalue weighted by Gasteiger charge is 2.01. The number of anilines is 2. The highest BCUT2D eigenvalue weighted by atomic mass is 16.6. The van der Waals surface area contributed by atoms with Gasteiger partial charge in [0, 0.05) is 5.56 Å². The molecule has 0 saturated carbocycles. The molecule has 1 aromatic rings. The number of nitrogens with one attached hydrogen (secondary N) is 1. The molecular formula is C8H10N2O2. The Morgan fingerprint density at radius 1 is 1.58 bits per heavy atom. The Hall–Kier alpha value is -1.55. The molecule has 0 saturated heterocycles. The molecular weight excluding hydrogens is 156 g/mol. The lowest BCUT2D eigenvalue weighted by molar-refractivity contribution is 0.112. The van der Waals surface area contributed by atoms with Gasteiger partial charge in [-0.05, 0) is 12.1 Å². The summed E-state index contributed by atoms with van der Waals surface area (Å²) in [5, 5.41) is 0. The van der Waals surface area contributed by atoms with Crippen molar-refractivity contribution in [2.45, 2.75) is 0 Å². The molecule has 12 heavy (non-hydrogen) atoms. The van der Waals surface area contributed by atoms with E-state index in [0.29, 0.717) is 23.2 Å². The van der Waals surface area contributed by atoms with E-state index in [0.717, 1.165) is 0 Å². The lowest BCUT2D eigenvalue weighted by Crippen LogP contribution is -2.02. The second-order valence-electron chi connectivity index (χ2n) is 2.23. The quantitative estimate of drug-likeness (QED) is 0.400. The monoisotopic (exact) mass is 166 g/mol. The van der Waals surface area contributed by atoms with Gasteiger partial charge in [0.1, 0.15) is 0 Å². The van der Waals surface area contributed by atoms with Crippen LogP contribution in [0.25, 0.3) is 0 Å². The molecule has 0 radical (unpaired) electrons. The summed E-state index contributed by atoms with van der Waals surface area (Å²) in [5.41, 5.74) is 9.63.